The van der Waals surface area contributed by atoms with Gasteiger partial charge in [0.15, 0.2) is 11.0 Å². The SMILES string of the molecule is CCn1c(COc2ccccc2)nnc1SCC(=O)Nc1cccc(C(=O)OC(C)C)c1. The van der Waals surface area contributed by atoms with Crippen LogP contribution in [0.15, 0.2) is 59.8 Å². The number of anilines is 1. The van der Waals surface area contributed by atoms with Crippen LogP contribution in [0.1, 0.15) is 37.0 Å². The minimum Gasteiger partial charge on any atom is -0.486 e. The molecule has 0 atom stereocenters. The lowest BCUT2D eigenvalue weighted by Gasteiger charge is -2.10. The van der Waals surface area contributed by atoms with Crippen molar-refractivity contribution >= 4 is 29.3 Å². The maximum absolute atomic E-state index is 12.4. The van der Waals surface area contributed by atoms with Gasteiger partial charge in [0.1, 0.15) is 12.4 Å². The largest absolute Gasteiger partial charge is 0.486 e. The van der Waals surface area contributed by atoms with E-state index in [-0.39, 0.29) is 24.4 Å². The number of ether oxygens (including phenoxy) is 2. The number of aromatic nitrogens is 3. The highest BCUT2D eigenvalue weighted by molar-refractivity contribution is 7.99. The Kier molecular flexibility index (Phi) is 8.27. The third kappa shape index (κ3) is 6.58. The molecular formula is C23H26N4O4S. The molecule has 1 amide bonds. The zero-order chi connectivity index (χ0) is 22.9. The first kappa shape index (κ1) is 23.3. The number of nitrogens with zero attached hydrogens (tertiary/aromatic N) is 3. The number of amides is 1. The molecule has 0 fully saturated rings. The van der Waals surface area contributed by atoms with Gasteiger partial charge >= 0.3 is 5.97 Å². The number of para-hydroxylation sites is 1. The van der Waals surface area contributed by atoms with E-state index in [1.165, 1.54) is 11.8 Å². The van der Waals surface area contributed by atoms with E-state index in [1.807, 2.05) is 41.8 Å². The van der Waals surface area contributed by atoms with Crippen LogP contribution in [-0.4, -0.2) is 38.5 Å². The van der Waals surface area contributed by atoms with Crippen LogP contribution in [0, 0.1) is 0 Å². The topological polar surface area (TPSA) is 95.3 Å². The van der Waals surface area contributed by atoms with Crippen molar-refractivity contribution in [1.82, 2.24) is 14.8 Å². The predicted octanol–water partition coefficient (Wildman–Crippen LogP) is 4.17. The van der Waals surface area contributed by atoms with E-state index < -0.39 is 5.97 Å². The van der Waals surface area contributed by atoms with Crippen LogP contribution >= 0.6 is 11.8 Å². The summed E-state index contributed by atoms with van der Waals surface area (Å²) in [4.78, 5) is 24.5. The Hall–Kier alpha value is -3.33. The molecule has 0 saturated carbocycles. The van der Waals surface area contributed by atoms with Gasteiger partial charge in [-0.3, -0.25) is 4.79 Å². The summed E-state index contributed by atoms with van der Waals surface area (Å²) in [6, 6.07) is 16.2. The molecule has 1 heterocycles. The molecule has 3 rings (SSSR count). The van der Waals surface area contributed by atoms with Crippen LogP contribution in [0.25, 0.3) is 0 Å². The van der Waals surface area contributed by atoms with Crippen molar-refractivity contribution in [2.45, 2.75) is 45.2 Å². The quantitative estimate of drug-likeness (QED) is 0.363. The van der Waals surface area contributed by atoms with Crippen LogP contribution in [-0.2, 0) is 22.7 Å². The Balaban J connectivity index is 1.56. The molecule has 0 unspecified atom stereocenters. The molecule has 2 aromatic carbocycles. The summed E-state index contributed by atoms with van der Waals surface area (Å²) < 4.78 is 12.9. The van der Waals surface area contributed by atoms with E-state index in [2.05, 4.69) is 15.5 Å². The molecule has 1 N–H and O–H groups in total. The molecule has 8 nitrogen and oxygen atoms in total. The van der Waals surface area contributed by atoms with E-state index in [1.54, 1.807) is 38.1 Å². The second-order valence-electron chi connectivity index (χ2n) is 7.12. The Morgan fingerprint density at radius 2 is 1.88 bits per heavy atom. The van der Waals surface area contributed by atoms with Gasteiger partial charge in [-0.15, -0.1) is 10.2 Å². The minimum absolute atomic E-state index is 0.151. The first-order valence-corrected chi connectivity index (χ1v) is 11.3. The number of rotatable bonds is 10. The van der Waals surface area contributed by atoms with Gasteiger partial charge < -0.3 is 19.4 Å². The van der Waals surface area contributed by atoms with Gasteiger partial charge in [-0.25, -0.2) is 4.79 Å². The fraction of sp³-hybridized carbons (Fsp3) is 0.304. The lowest BCUT2D eigenvalue weighted by Crippen LogP contribution is -2.16. The lowest BCUT2D eigenvalue weighted by molar-refractivity contribution is -0.113. The van der Waals surface area contributed by atoms with E-state index in [0.29, 0.717) is 28.8 Å². The summed E-state index contributed by atoms with van der Waals surface area (Å²) in [5.41, 5.74) is 0.917. The number of hydrogen-bond donors (Lipinski definition) is 1. The third-order valence-electron chi connectivity index (χ3n) is 4.28. The number of benzene rings is 2. The lowest BCUT2D eigenvalue weighted by atomic mass is 10.2. The van der Waals surface area contributed by atoms with Gasteiger partial charge in [0.05, 0.1) is 17.4 Å². The van der Waals surface area contributed by atoms with Crippen molar-refractivity contribution in [1.29, 1.82) is 0 Å². The predicted molar refractivity (Wildman–Crippen MR) is 123 cm³/mol. The van der Waals surface area contributed by atoms with Crippen molar-refractivity contribution in [2.24, 2.45) is 0 Å². The highest BCUT2D eigenvalue weighted by Crippen LogP contribution is 2.20. The molecule has 0 aliphatic rings. The molecule has 0 spiro atoms. The Bertz CT molecular complexity index is 1050. The first-order chi connectivity index (χ1) is 15.5. The third-order valence-corrected chi connectivity index (χ3v) is 5.24. The summed E-state index contributed by atoms with van der Waals surface area (Å²) in [6.45, 7) is 6.51. The molecule has 3 aromatic rings. The maximum Gasteiger partial charge on any atom is 0.338 e. The van der Waals surface area contributed by atoms with Crippen molar-refractivity contribution in [3.8, 4) is 5.75 Å². The van der Waals surface area contributed by atoms with Gasteiger partial charge in [0, 0.05) is 12.2 Å². The molecule has 9 heteroatoms. The van der Waals surface area contributed by atoms with Gasteiger partial charge in [-0.1, -0.05) is 36.0 Å². The fourth-order valence-corrected chi connectivity index (χ4v) is 3.67. The highest BCUT2D eigenvalue weighted by atomic mass is 32.2. The van der Waals surface area contributed by atoms with Crippen molar-refractivity contribution in [3.05, 3.63) is 66.0 Å². The molecule has 32 heavy (non-hydrogen) atoms. The van der Waals surface area contributed by atoms with Crippen molar-refractivity contribution in [3.63, 3.8) is 0 Å². The molecule has 0 aliphatic heterocycles. The average Bonchev–Trinajstić information content (AvgIpc) is 3.18. The summed E-state index contributed by atoms with van der Waals surface area (Å²) in [5.74, 6) is 0.962. The van der Waals surface area contributed by atoms with Gasteiger partial charge in [0.25, 0.3) is 0 Å². The molecule has 0 aliphatic carbocycles. The number of nitrogens with one attached hydrogen (secondary N) is 1. The molecule has 1 aromatic heterocycles. The first-order valence-electron chi connectivity index (χ1n) is 10.3. The molecule has 0 saturated heterocycles. The number of thioether (sulfide) groups is 1. The fourth-order valence-electron chi connectivity index (χ4n) is 2.85. The number of carbonyl (C=O) groups excluding carboxylic acids is 2. The summed E-state index contributed by atoms with van der Waals surface area (Å²) >= 11 is 1.29. The zero-order valence-electron chi connectivity index (χ0n) is 18.3. The standard InChI is InChI=1S/C23H26N4O4S/c1-4-27-20(14-30-19-11-6-5-7-12-19)25-26-23(27)32-15-21(28)24-18-10-8-9-17(13-18)22(29)31-16(2)3/h5-13,16H,4,14-15H2,1-3H3,(H,24,28). The number of esters is 1. The van der Waals surface area contributed by atoms with Crippen LogP contribution in [0.3, 0.4) is 0 Å². The van der Waals surface area contributed by atoms with E-state index in [0.717, 1.165) is 5.75 Å². The summed E-state index contributed by atoms with van der Waals surface area (Å²) in [7, 11) is 0. The van der Waals surface area contributed by atoms with Crippen LogP contribution < -0.4 is 10.1 Å². The second-order valence-corrected chi connectivity index (χ2v) is 8.06. The van der Waals surface area contributed by atoms with Crippen LogP contribution in [0.5, 0.6) is 5.75 Å². The normalized spacial score (nSPS) is 10.8. The van der Waals surface area contributed by atoms with E-state index >= 15 is 0 Å². The molecule has 0 bridgehead atoms. The molecular weight excluding hydrogens is 428 g/mol. The monoisotopic (exact) mass is 454 g/mol. The van der Waals surface area contributed by atoms with E-state index in [4.69, 9.17) is 9.47 Å². The molecule has 168 valence electrons. The Morgan fingerprint density at radius 1 is 1.09 bits per heavy atom. The van der Waals surface area contributed by atoms with Crippen LogP contribution in [0.2, 0.25) is 0 Å². The minimum atomic E-state index is -0.424. The van der Waals surface area contributed by atoms with Gasteiger partial charge in [0.2, 0.25) is 5.91 Å². The number of hydrogen-bond acceptors (Lipinski definition) is 7. The summed E-state index contributed by atoms with van der Waals surface area (Å²) in [5, 5.41) is 11.8. The van der Waals surface area contributed by atoms with Crippen molar-refractivity contribution < 1.29 is 19.1 Å². The smallest absolute Gasteiger partial charge is 0.338 e. The average molecular weight is 455 g/mol. The van der Waals surface area contributed by atoms with Crippen molar-refractivity contribution in [2.75, 3.05) is 11.1 Å². The summed E-state index contributed by atoms with van der Waals surface area (Å²) in [6.07, 6.45) is -0.212. The highest BCUT2D eigenvalue weighted by Gasteiger charge is 2.15. The van der Waals surface area contributed by atoms with Gasteiger partial charge in [-0.05, 0) is 51.1 Å². The Labute approximate surface area is 191 Å². The maximum atomic E-state index is 12.4. The second kappa shape index (κ2) is 11.3. The Morgan fingerprint density at radius 3 is 2.59 bits per heavy atom. The molecule has 0 radical (unpaired) electrons. The van der Waals surface area contributed by atoms with Crippen LogP contribution in [0.4, 0.5) is 5.69 Å². The van der Waals surface area contributed by atoms with Gasteiger partial charge in [-0.2, -0.15) is 0 Å². The number of carbonyl (C=O) groups is 2. The van der Waals surface area contributed by atoms with E-state index in [9.17, 15) is 9.59 Å². The zero-order valence-corrected chi connectivity index (χ0v) is 19.1.